The van der Waals surface area contributed by atoms with E-state index < -0.39 is 0 Å². The van der Waals surface area contributed by atoms with Crippen molar-refractivity contribution in [2.24, 2.45) is 0 Å². The maximum Gasteiger partial charge on any atom is 0.272 e. The van der Waals surface area contributed by atoms with Gasteiger partial charge in [-0.25, -0.2) is 4.98 Å². The fourth-order valence-corrected chi connectivity index (χ4v) is 3.44. The monoisotopic (exact) mass is 317 g/mol. The Bertz CT molecular complexity index is 777. The standard InChI is InChI=1S/C15H12ClN3OS/c16-11-5-3-10(4-6-11)13-12(9-17)14(20)19-7-1-2-8-21-15(19)18-13/h3-6H,1-2,7-8H2. The van der Waals surface area contributed by atoms with Gasteiger partial charge >= 0.3 is 0 Å². The van der Waals surface area contributed by atoms with Crippen molar-refractivity contribution in [2.75, 3.05) is 5.75 Å². The molecular weight excluding hydrogens is 306 g/mol. The summed E-state index contributed by atoms with van der Waals surface area (Å²) in [5.74, 6) is 0.943. The van der Waals surface area contributed by atoms with Crippen molar-refractivity contribution in [3.8, 4) is 17.3 Å². The van der Waals surface area contributed by atoms with Crippen molar-refractivity contribution in [1.29, 1.82) is 5.26 Å². The summed E-state index contributed by atoms with van der Waals surface area (Å²) >= 11 is 7.46. The average molecular weight is 318 g/mol. The van der Waals surface area contributed by atoms with Gasteiger partial charge in [0.2, 0.25) is 0 Å². The first-order valence-electron chi connectivity index (χ1n) is 6.64. The third-order valence-corrected chi connectivity index (χ3v) is 4.69. The first kappa shape index (κ1) is 14.2. The summed E-state index contributed by atoms with van der Waals surface area (Å²) in [4.78, 5) is 17.1. The van der Waals surface area contributed by atoms with Gasteiger partial charge in [-0.15, -0.1) is 0 Å². The Morgan fingerprint density at radius 3 is 2.76 bits per heavy atom. The van der Waals surface area contributed by atoms with Crippen molar-refractivity contribution < 1.29 is 0 Å². The zero-order valence-electron chi connectivity index (χ0n) is 11.2. The summed E-state index contributed by atoms with van der Waals surface area (Å²) in [7, 11) is 0. The highest BCUT2D eigenvalue weighted by Gasteiger charge is 2.19. The third kappa shape index (κ3) is 2.69. The number of benzene rings is 1. The van der Waals surface area contributed by atoms with Crippen LogP contribution >= 0.6 is 23.4 Å². The maximum atomic E-state index is 12.5. The predicted octanol–water partition coefficient (Wildman–Crippen LogP) is 3.32. The molecule has 0 N–H and O–H groups in total. The van der Waals surface area contributed by atoms with Crippen LogP contribution in [-0.2, 0) is 6.54 Å². The molecule has 4 nitrogen and oxygen atoms in total. The fourth-order valence-electron chi connectivity index (χ4n) is 2.30. The van der Waals surface area contributed by atoms with Crippen molar-refractivity contribution >= 4 is 23.4 Å². The Labute approximate surface area is 131 Å². The molecule has 0 radical (unpaired) electrons. The van der Waals surface area contributed by atoms with E-state index in [1.165, 1.54) is 0 Å². The molecule has 1 aromatic carbocycles. The number of thioether (sulfide) groups is 1. The quantitative estimate of drug-likeness (QED) is 0.757. The normalized spacial score (nSPS) is 14.1. The maximum absolute atomic E-state index is 12.5. The van der Waals surface area contributed by atoms with Crippen LogP contribution in [0.15, 0.2) is 34.2 Å². The van der Waals surface area contributed by atoms with Crippen molar-refractivity contribution in [2.45, 2.75) is 24.5 Å². The van der Waals surface area contributed by atoms with Gasteiger partial charge in [-0.1, -0.05) is 35.5 Å². The molecule has 0 aliphatic carbocycles. The first-order chi connectivity index (χ1) is 10.2. The van der Waals surface area contributed by atoms with Crippen LogP contribution in [0.4, 0.5) is 0 Å². The number of rotatable bonds is 1. The minimum Gasteiger partial charge on any atom is -0.286 e. The number of nitrogens with zero attached hydrogens (tertiary/aromatic N) is 3. The Hall–Kier alpha value is -1.77. The van der Waals surface area contributed by atoms with E-state index in [0.29, 0.717) is 22.4 Å². The van der Waals surface area contributed by atoms with Gasteiger partial charge in [0, 0.05) is 22.9 Å². The Kier molecular flexibility index (Phi) is 4.00. The van der Waals surface area contributed by atoms with E-state index in [0.717, 1.165) is 24.2 Å². The molecule has 0 saturated heterocycles. The first-order valence-corrected chi connectivity index (χ1v) is 8.01. The van der Waals surface area contributed by atoms with Crippen LogP contribution in [0.3, 0.4) is 0 Å². The van der Waals surface area contributed by atoms with Crippen LogP contribution in [0.2, 0.25) is 5.02 Å². The molecule has 1 aromatic heterocycles. The summed E-state index contributed by atoms with van der Waals surface area (Å²) in [6, 6.07) is 9.04. The van der Waals surface area contributed by atoms with Crippen LogP contribution in [0.25, 0.3) is 11.3 Å². The lowest BCUT2D eigenvalue weighted by molar-refractivity contribution is 0.563. The summed E-state index contributed by atoms with van der Waals surface area (Å²) in [5.41, 5.74) is 1.03. The molecule has 0 bridgehead atoms. The van der Waals surface area contributed by atoms with Crippen LogP contribution in [0.5, 0.6) is 0 Å². The second-order valence-electron chi connectivity index (χ2n) is 4.75. The lowest BCUT2D eigenvalue weighted by Crippen LogP contribution is -2.26. The number of nitriles is 1. The Balaban J connectivity index is 2.23. The zero-order chi connectivity index (χ0) is 14.8. The molecule has 3 rings (SSSR count). The molecule has 1 aliphatic rings. The number of hydrogen-bond donors (Lipinski definition) is 0. The van der Waals surface area contributed by atoms with E-state index in [1.54, 1.807) is 40.6 Å². The van der Waals surface area contributed by atoms with Crippen molar-refractivity contribution in [1.82, 2.24) is 9.55 Å². The van der Waals surface area contributed by atoms with Crippen LogP contribution < -0.4 is 5.56 Å². The molecule has 1 aliphatic heterocycles. The minimum absolute atomic E-state index is 0.101. The minimum atomic E-state index is -0.248. The molecule has 106 valence electrons. The lowest BCUT2D eigenvalue weighted by atomic mass is 10.1. The fraction of sp³-hybridized carbons (Fsp3) is 0.267. The molecular formula is C15H12ClN3OS. The van der Waals surface area contributed by atoms with Gasteiger partial charge in [0.05, 0.1) is 5.69 Å². The van der Waals surface area contributed by atoms with Crippen LogP contribution in [0, 0.1) is 11.3 Å². The lowest BCUT2D eigenvalue weighted by Gasteiger charge is -2.11. The van der Waals surface area contributed by atoms with E-state index in [-0.39, 0.29) is 11.1 Å². The number of hydrogen-bond acceptors (Lipinski definition) is 4. The number of halogens is 1. The van der Waals surface area contributed by atoms with E-state index in [1.807, 2.05) is 6.07 Å². The second-order valence-corrected chi connectivity index (χ2v) is 6.25. The summed E-state index contributed by atoms with van der Waals surface area (Å²) < 4.78 is 1.62. The van der Waals surface area contributed by atoms with E-state index >= 15 is 0 Å². The van der Waals surface area contributed by atoms with Gasteiger partial charge in [-0.3, -0.25) is 9.36 Å². The molecule has 2 heterocycles. The molecule has 0 amide bonds. The SMILES string of the molecule is N#Cc1c(-c2ccc(Cl)cc2)nc2n(c1=O)CCCCS2. The van der Waals surface area contributed by atoms with Crippen molar-refractivity contribution in [3.05, 3.63) is 45.2 Å². The highest BCUT2D eigenvalue weighted by Crippen LogP contribution is 2.26. The van der Waals surface area contributed by atoms with E-state index in [4.69, 9.17) is 11.6 Å². The average Bonchev–Trinajstić information content (AvgIpc) is 2.73. The highest BCUT2D eigenvalue weighted by molar-refractivity contribution is 7.99. The zero-order valence-corrected chi connectivity index (χ0v) is 12.7. The Morgan fingerprint density at radius 2 is 2.05 bits per heavy atom. The molecule has 2 aromatic rings. The van der Waals surface area contributed by atoms with Gasteiger partial charge in [0.1, 0.15) is 11.6 Å². The molecule has 0 spiro atoms. The molecule has 21 heavy (non-hydrogen) atoms. The van der Waals surface area contributed by atoms with Gasteiger partial charge in [-0.2, -0.15) is 5.26 Å². The smallest absolute Gasteiger partial charge is 0.272 e. The number of aromatic nitrogens is 2. The third-order valence-electron chi connectivity index (χ3n) is 3.37. The van der Waals surface area contributed by atoms with Gasteiger partial charge in [0.15, 0.2) is 5.16 Å². The summed E-state index contributed by atoms with van der Waals surface area (Å²) in [5, 5.41) is 10.7. The largest absolute Gasteiger partial charge is 0.286 e. The summed E-state index contributed by atoms with van der Waals surface area (Å²) in [6.07, 6.45) is 1.98. The molecule has 0 fully saturated rings. The number of fused-ring (bicyclic) bond motifs is 1. The van der Waals surface area contributed by atoms with Gasteiger partial charge in [0.25, 0.3) is 5.56 Å². The second kappa shape index (κ2) is 5.92. The molecule has 0 saturated carbocycles. The Morgan fingerprint density at radius 1 is 1.29 bits per heavy atom. The van der Waals surface area contributed by atoms with Gasteiger partial charge in [-0.05, 0) is 25.0 Å². The predicted molar refractivity (Wildman–Crippen MR) is 83.6 cm³/mol. The van der Waals surface area contributed by atoms with Gasteiger partial charge < -0.3 is 0 Å². The van der Waals surface area contributed by atoms with Crippen molar-refractivity contribution in [3.63, 3.8) is 0 Å². The topological polar surface area (TPSA) is 58.7 Å². The van der Waals surface area contributed by atoms with Crippen LogP contribution in [0.1, 0.15) is 18.4 Å². The molecule has 0 unspecified atom stereocenters. The van der Waals surface area contributed by atoms with Crippen LogP contribution in [-0.4, -0.2) is 15.3 Å². The summed E-state index contributed by atoms with van der Waals surface area (Å²) in [6.45, 7) is 0.629. The molecule has 6 heteroatoms. The molecule has 0 atom stereocenters. The highest BCUT2D eigenvalue weighted by atomic mass is 35.5. The van der Waals surface area contributed by atoms with E-state index in [9.17, 15) is 10.1 Å². The van der Waals surface area contributed by atoms with E-state index in [2.05, 4.69) is 4.98 Å².